The maximum Gasteiger partial charge on any atom is 0.267 e. The van der Waals surface area contributed by atoms with Crippen LogP contribution < -0.4 is 10.6 Å². The second-order valence-corrected chi connectivity index (χ2v) is 10.7. The van der Waals surface area contributed by atoms with Gasteiger partial charge in [-0.1, -0.05) is 138 Å². The molecule has 2 aromatic carbocycles. The monoisotopic (exact) mass is 558 g/mol. The third kappa shape index (κ3) is 13.5. The van der Waals surface area contributed by atoms with E-state index in [0.717, 1.165) is 12.8 Å². The summed E-state index contributed by atoms with van der Waals surface area (Å²) >= 11 is 12.3. The lowest BCUT2D eigenvalue weighted by Crippen LogP contribution is -2.35. The Hall–Kier alpha value is -2.30. The van der Waals surface area contributed by atoms with Crippen molar-refractivity contribution >= 4 is 41.1 Å². The van der Waals surface area contributed by atoms with Crippen LogP contribution in [0.25, 0.3) is 6.08 Å². The lowest BCUT2D eigenvalue weighted by atomic mass is 10.0. The van der Waals surface area contributed by atoms with Gasteiger partial charge >= 0.3 is 0 Å². The topological polar surface area (TPSA) is 58.2 Å². The number of amides is 2. The minimum atomic E-state index is -0.353. The van der Waals surface area contributed by atoms with Gasteiger partial charge in [-0.25, -0.2) is 0 Å². The van der Waals surface area contributed by atoms with E-state index < -0.39 is 0 Å². The summed E-state index contributed by atoms with van der Waals surface area (Å²) in [5.74, 6) is -0.691. The van der Waals surface area contributed by atoms with Crippen LogP contribution in [-0.2, 0) is 4.79 Å². The summed E-state index contributed by atoms with van der Waals surface area (Å²) in [4.78, 5) is 25.7. The van der Waals surface area contributed by atoms with Gasteiger partial charge in [-0.05, 0) is 42.3 Å². The molecule has 2 aromatic rings. The third-order valence-corrected chi connectivity index (χ3v) is 7.17. The van der Waals surface area contributed by atoms with E-state index in [1.807, 2.05) is 6.07 Å². The van der Waals surface area contributed by atoms with E-state index in [4.69, 9.17) is 23.2 Å². The van der Waals surface area contributed by atoms with E-state index in [-0.39, 0.29) is 17.5 Å². The highest BCUT2D eigenvalue weighted by Crippen LogP contribution is 2.23. The Labute approximate surface area is 239 Å². The van der Waals surface area contributed by atoms with E-state index in [0.29, 0.717) is 27.7 Å². The van der Waals surface area contributed by atoms with Crippen LogP contribution >= 0.6 is 23.2 Å². The Morgan fingerprint density at radius 3 is 1.84 bits per heavy atom. The number of nitrogens with one attached hydrogen (secondary N) is 2. The van der Waals surface area contributed by atoms with Crippen molar-refractivity contribution in [3.63, 3.8) is 0 Å². The fourth-order valence-electron chi connectivity index (χ4n) is 4.33. The molecule has 0 bridgehead atoms. The summed E-state index contributed by atoms with van der Waals surface area (Å²) in [5.41, 5.74) is 1.22. The molecule has 0 spiro atoms. The normalized spacial score (nSPS) is 11.4. The Kier molecular flexibility index (Phi) is 16.6. The number of rotatable bonds is 19. The number of benzene rings is 2. The van der Waals surface area contributed by atoms with Crippen LogP contribution in [0.4, 0.5) is 0 Å². The van der Waals surface area contributed by atoms with Gasteiger partial charge in [-0.15, -0.1) is 0 Å². The van der Waals surface area contributed by atoms with Crippen LogP contribution in [0.5, 0.6) is 0 Å². The van der Waals surface area contributed by atoms with Crippen LogP contribution in [0.2, 0.25) is 10.0 Å². The highest BCUT2D eigenvalue weighted by molar-refractivity contribution is 6.35. The van der Waals surface area contributed by atoms with Crippen LogP contribution in [0.15, 0.2) is 54.2 Å². The number of carbonyl (C=O) groups is 2. The molecule has 0 aromatic heterocycles. The van der Waals surface area contributed by atoms with Crippen molar-refractivity contribution in [2.75, 3.05) is 6.54 Å². The lowest BCUT2D eigenvalue weighted by molar-refractivity contribution is -0.117. The lowest BCUT2D eigenvalue weighted by Gasteiger charge is -2.12. The van der Waals surface area contributed by atoms with Crippen molar-refractivity contribution in [1.82, 2.24) is 10.6 Å². The molecule has 2 rings (SSSR count). The van der Waals surface area contributed by atoms with Crippen LogP contribution in [0, 0.1) is 0 Å². The van der Waals surface area contributed by atoms with Gasteiger partial charge in [-0.3, -0.25) is 9.59 Å². The second-order valence-electron chi connectivity index (χ2n) is 9.90. The Morgan fingerprint density at radius 1 is 0.737 bits per heavy atom. The first-order valence-corrected chi connectivity index (χ1v) is 15.1. The SMILES string of the molecule is CCCCCCCCCCCCCCCCNC(=O)C(=Cc1ccc(Cl)cc1Cl)NC(=O)c1ccccc1. The average Bonchev–Trinajstić information content (AvgIpc) is 2.92. The van der Waals surface area contributed by atoms with Crippen molar-refractivity contribution < 1.29 is 9.59 Å². The van der Waals surface area contributed by atoms with Gasteiger partial charge in [0.25, 0.3) is 11.8 Å². The minimum Gasteiger partial charge on any atom is -0.351 e. The van der Waals surface area contributed by atoms with Gasteiger partial charge in [0.15, 0.2) is 0 Å². The molecule has 38 heavy (non-hydrogen) atoms. The fraction of sp³-hybridized carbons (Fsp3) is 0.500. The molecule has 0 radical (unpaired) electrons. The first kappa shape index (κ1) is 31.9. The van der Waals surface area contributed by atoms with Gasteiger partial charge in [-0.2, -0.15) is 0 Å². The van der Waals surface area contributed by atoms with Gasteiger partial charge < -0.3 is 10.6 Å². The number of hydrogen-bond acceptors (Lipinski definition) is 2. The van der Waals surface area contributed by atoms with Gasteiger partial charge in [0.1, 0.15) is 5.70 Å². The largest absolute Gasteiger partial charge is 0.351 e. The second kappa shape index (κ2) is 19.7. The first-order valence-electron chi connectivity index (χ1n) is 14.3. The van der Waals surface area contributed by atoms with Crippen molar-refractivity contribution in [3.8, 4) is 0 Å². The molecule has 2 amide bonds. The zero-order valence-corrected chi connectivity index (χ0v) is 24.4. The maximum atomic E-state index is 13.0. The standard InChI is InChI=1S/C32H44Cl2N2O2/c1-2-3-4-5-6-7-8-9-10-11-12-13-14-18-23-35-32(38)30(24-27-21-22-28(33)25-29(27)34)36-31(37)26-19-16-15-17-20-26/h15-17,19-22,24-25H,2-14,18,23H2,1H3,(H,35,38)(H,36,37). The summed E-state index contributed by atoms with van der Waals surface area (Å²) in [6.45, 7) is 2.82. The fourth-order valence-corrected chi connectivity index (χ4v) is 4.80. The predicted molar refractivity (Wildman–Crippen MR) is 162 cm³/mol. The molecule has 0 aliphatic heterocycles. The van der Waals surface area contributed by atoms with Crippen LogP contribution in [0.1, 0.15) is 113 Å². The quantitative estimate of drug-likeness (QED) is 0.133. The van der Waals surface area contributed by atoms with E-state index in [1.54, 1.807) is 48.5 Å². The summed E-state index contributed by atoms with van der Waals surface area (Å²) in [6.07, 6.45) is 19.6. The zero-order chi connectivity index (χ0) is 27.4. The van der Waals surface area contributed by atoms with Crippen molar-refractivity contribution in [1.29, 1.82) is 0 Å². The molecular weight excluding hydrogens is 515 g/mol. The zero-order valence-electron chi connectivity index (χ0n) is 22.9. The van der Waals surface area contributed by atoms with E-state index in [1.165, 1.54) is 77.0 Å². The molecule has 4 nitrogen and oxygen atoms in total. The summed E-state index contributed by atoms with van der Waals surface area (Å²) < 4.78 is 0. The molecule has 0 unspecified atom stereocenters. The molecule has 6 heteroatoms. The number of carbonyl (C=O) groups excluding carboxylic acids is 2. The van der Waals surface area contributed by atoms with Crippen LogP contribution in [-0.4, -0.2) is 18.4 Å². The molecule has 0 fully saturated rings. The number of unbranched alkanes of at least 4 members (excludes halogenated alkanes) is 13. The molecule has 0 atom stereocenters. The maximum absolute atomic E-state index is 13.0. The average molecular weight is 560 g/mol. The molecule has 0 aliphatic carbocycles. The minimum absolute atomic E-state index is 0.147. The number of halogens is 2. The third-order valence-electron chi connectivity index (χ3n) is 6.61. The molecule has 208 valence electrons. The molecule has 0 saturated carbocycles. The van der Waals surface area contributed by atoms with E-state index in [2.05, 4.69) is 17.6 Å². The van der Waals surface area contributed by atoms with Gasteiger partial charge in [0, 0.05) is 22.2 Å². The highest BCUT2D eigenvalue weighted by Gasteiger charge is 2.15. The van der Waals surface area contributed by atoms with Gasteiger partial charge in [0.05, 0.1) is 0 Å². The van der Waals surface area contributed by atoms with E-state index >= 15 is 0 Å². The summed E-state index contributed by atoms with van der Waals surface area (Å²) in [7, 11) is 0. The van der Waals surface area contributed by atoms with Crippen molar-refractivity contribution in [2.24, 2.45) is 0 Å². The summed E-state index contributed by atoms with van der Waals surface area (Å²) in [6, 6.07) is 13.8. The first-order chi connectivity index (χ1) is 18.5. The Morgan fingerprint density at radius 2 is 1.29 bits per heavy atom. The predicted octanol–water partition coefficient (Wildman–Crippen LogP) is 9.36. The molecular formula is C32H44Cl2N2O2. The van der Waals surface area contributed by atoms with Crippen molar-refractivity contribution in [2.45, 2.75) is 96.8 Å². The highest BCUT2D eigenvalue weighted by atomic mass is 35.5. The Bertz CT molecular complexity index is 992. The molecule has 0 heterocycles. The van der Waals surface area contributed by atoms with Crippen LogP contribution in [0.3, 0.4) is 0 Å². The molecule has 0 saturated heterocycles. The van der Waals surface area contributed by atoms with Crippen molar-refractivity contribution in [3.05, 3.63) is 75.4 Å². The Balaban J connectivity index is 1.71. The molecule has 0 aliphatic rings. The van der Waals surface area contributed by atoms with Gasteiger partial charge in [0.2, 0.25) is 0 Å². The number of hydrogen-bond donors (Lipinski definition) is 2. The van der Waals surface area contributed by atoms with E-state index in [9.17, 15) is 9.59 Å². The molecule has 2 N–H and O–H groups in total. The summed E-state index contributed by atoms with van der Waals surface area (Å²) in [5, 5.41) is 6.60. The smallest absolute Gasteiger partial charge is 0.267 e.